The number of nitrogens with zero attached hydrogens (tertiary/aromatic N) is 2. The van der Waals surface area contributed by atoms with Gasteiger partial charge in [-0.15, -0.1) is 0 Å². The molecule has 0 saturated heterocycles. The minimum absolute atomic E-state index is 0.0349. The molecule has 0 aromatic heterocycles. The number of rotatable bonds is 9. The first-order valence-electron chi connectivity index (χ1n) is 12.0. The molecule has 1 unspecified atom stereocenters. The van der Waals surface area contributed by atoms with Crippen LogP contribution in [0.1, 0.15) is 39.9 Å². The summed E-state index contributed by atoms with van der Waals surface area (Å²) < 4.78 is 4.81. The molecule has 8 heteroatoms. The number of ether oxygens (including phenoxy) is 1. The van der Waals surface area contributed by atoms with E-state index in [9.17, 15) is 14.4 Å². The summed E-state index contributed by atoms with van der Waals surface area (Å²) in [5.74, 6) is -1.31. The zero-order valence-corrected chi connectivity index (χ0v) is 21.2. The van der Waals surface area contributed by atoms with Gasteiger partial charge in [0.2, 0.25) is 11.8 Å². The Kier molecular flexibility index (Phi) is 8.10. The molecular formula is C29H30N4O4. The Balaban J connectivity index is 1.61. The van der Waals surface area contributed by atoms with Gasteiger partial charge in [-0.1, -0.05) is 48.5 Å². The highest BCUT2D eigenvalue weighted by Gasteiger charge is 2.36. The van der Waals surface area contributed by atoms with E-state index in [4.69, 9.17) is 9.73 Å². The van der Waals surface area contributed by atoms with Crippen molar-refractivity contribution >= 4 is 34.9 Å². The fourth-order valence-electron chi connectivity index (χ4n) is 4.31. The summed E-state index contributed by atoms with van der Waals surface area (Å²) in [6, 6.07) is 22.6. The van der Waals surface area contributed by atoms with E-state index < -0.39 is 11.9 Å². The van der Waals surface area contributed by atoms with Gasteiger partial charge in [0.15, 0.2) is 0 Å². The maximum Gasteiger partial charge on any atom is 0.337 e. The maximum atomic E-state index is 13.2. The number of hydrogen-bond acceptors (Lipinski definition) is 6. The monoisotopic (exact) mass is 498 g/mol. The van der Waals surface area contributed by atoms with Crippen LogP contribution in [0.25, 0.3) is 0 Å². The first-order chi connectivity index (χ1) is 17.9. The normalized spacial score (nSPS) is 14.8. The third kappa shape index (κ3) is 6.29. The number of anilines is 1. The van der Waals surface area contributed by atoms with Crippen molar-refractivity contribution in [3.05, 3.63) is 95.1 Å². The third-order valence-electron chi connectivity index (χ3n) is 6.15. The Morgan fingerprint density at radius 3 is 2.43 bits per heavy atom. The number of aliphatic imine (C=N–C) groups is 1. The molecule has 1 heterocycles. The second-order valence-corrected chi connectivity index (χ2v) is 8.97. The van der Waals surface area contributed by atoms with Crippen LogP contribution < -0.4 is 10.6 Å². The highest BCUT2D eigenvalue weighted by Crippen LogP contribution is 2.37. The lowest BCUT2D eigenvalue weighted by Crippen LogP contribution is -2.31. The second kappa shape index (κ2) is 11.6. The van der Waals surface area contributed by atoms with Crippen LogP contribution >= 0.6 is 0 Å². The molecule has 1 aliphatic heterocycles. The topological polar surface area (TPSA) is 100 Å². The largest absolute Gasteiger partial charge is 0.465 e. The van der Waals surface area contributed by atoms with Gasteiger partial charge >= 0.3 is 5.97 Å². The van der Waals surface area contributed by atoms with E-state index in [0.29, 0.717) is 23.5 Å². The van der Waals surface area contributed by atoms with Crippen molar-refractivity contribution in [2.24, 2.45) is 4.99 Å². The average molecular weight is 499 g/mol. The van der Waals surface area contributed by atoms with Crippen molar-refractivity contribution < 1.29 is 19.1 Å². The van der Waals surface area contributed by atoms with Gasteiger partial charge in [0.25, 0.3) is 0 Å². The Hall–Kier alpha value is -4.30. The molecule has 2 N–H and O–H groups in total. The minimum Gasteiger partial charge on any atom is -0.465 e. The van der Waals surface area contributed by atoms with Gasteiger partial charge in [-0.05, 0) is 48.0 Å². The summed E-state index contributed by atoms with van der Waals surface area (Å²) in [6.07, 6.45) is 0. The van der Waals surface area contributed by atoms with Gasteiger partial charge in [-0.3, -0.25) is 14.6 Å². The Morgan fingerprint density at radius 2 is 1.76 bits per heavy atom. The summed E-state index contributed by atoms with van der Waals surface area (Å²) in [4.78, 5) is 43.2. The fraction of sp³-hybridized carbons (Fsp3) is 0.241. The smallest absolute Gasteiger partial charge is 0.337 e. The number of methoxy groups -OCH3 is 1. The molecule has 0 spiro atoms. The van der Waals surface area contributed by atoms with Crippen molar-refractivity contribution in [2.75, 3.05) is 32.6 Å². The summed E-state index contributed by atoms with van der Waals surface area (Å²) in [6.45, 7) is 3.58. The molecule has 2 amide bonds. The minimum atomic E-state index is -0.622. The molecule has 0 saturated carbocycles. The van der Waals surface area contributed by atoms with Gasteiger partial charge < -0.3 is 20.3 Å². The molecule has 0 fully saturated rings. The van der Waals surface area contributed by atoms with Crippen LogP contribution in [-0.4, -0.2) is 55.6 Å². The molecule has 0 radical (unpaired) electrons. The second-order valence-electron chi connectivity index (χ2n) is 8.97. The zero-order chi connectivity index (χ0) is 26.4. The molecular weight excluding hydrogens is 468 g/mol. The highest BCUT2D eigenvalue weighted by molar-refractivity contribution is 6.24. The van der Waals surface area contributed by atoms with Crippen LogP contribution in [0.15, 0.2) is 77.8 Å². The lowest BCUT2D eigenvalue weighted by molar-refractivity contribution is -0.119. The van der Waals surface area contributed by atoms with Gasteiger partial charge in [0, 0.05) is 32.2 Å². The van der Waals surface area contributed by atoms with E-state index in [1.807, 2.05) is 61.6 Å². The molecule has 0 aliphatic carbocycles. The fourth-order valence-corrected chi connectivity index (χ4v) is 4.31. The number of esters is 1. The van der Waals surface area contributed by atoms with Crippen LogP contribution in [0.3, 0.4) is 0 Å². The van der Waals surface area contributed by atoms with Gasteiger partial charge in [0.1, 0.15) is 5.92 Å². The Bertz CT molecular complexity index is 1320. The number of benzene rings is 3. The number of likely N-dealkylation sites (N-methyl/N-ethyl adjacent to an activating group) is 1. The molecule has 3 aromatic carbocycles. The van der Waals surface area contributed by atoms with E-state index in [2.05, 4.69) is 15.5 Å². The van der Waals surface area contributed by atoms with E-state index in [0.717, 1.165) is 35.5 Å². The van der Waals surface area contributed by atoms with E-state index in [1.54, 1.807) is 18.2 Å². The number of carbonyl (C=O) groups is 3. The molecule has 0 bridgehead atoms. The predicted octanol–water partition coefficient (Wildman–Crippen LogP) is 3.90. The molecule has 3 aromatic rings. The number of hydrogen-bond donors (Lipinski definition) is 2. The van der Waals surface area contributed by atoms with Crippen LogP contribution in [0.4, 0.5) is 11.4 Å². The summed E-state index contributed by atoms with van der Waals surface area (Å²) in [5.41, 5.74) is 5.04. The van der Waals surface area contributed by atoms with Crippen molar-refractivity contribution in [3.8, 4) is 0 Å². The summed E-state index contributed by atoms with van der Waals surface area (Å²) in [5, 5.41) is 5.70. The summed E-state index contributed by atoms with van der Waals surface area (Å²) in [7, 11) is 3.33. The third-order valence-corrected chi connectivity index (χ3v) is 6.15. The van der Waals surface area contributed by atoms with Crippen molar-refractivity contribution in [2.45, 2.75) is 19.4 Å². The van der Waals surface area contributed by atoms with Crippen LogP contribution in [0, 0.1) is 0 Å². The zero-order valence-electron chi connectivity index (χ0n) is 21.2. The number of fused-ring (bicyclic) bond motifs is 1. The van der Waals surface area contributed by atoms with Crippen LogP contribution in [0.5, 0.6) is 0 Å². The lowest BCUT2D eigenvalue weighted by atomic mass is 9.90. The van der Waals surface area contributed by atoms with Crippen molar-refractivity contribution in [3.63, 3.8) is 0 Å². The highest BCUT2D eigenvalue weighted by atomic mass is 16.5. The van der Waals surface area contributed by atoms with Crippen molar-refractivity contribution in [1.82, 2.24) is 10.2 Å². The van der Waals surface area contributed by atoms with E-state index in [1.165, 1.54) is 14.0 Å². The van der Waals surface area contributed by atoms with Gasteiger partial charge in [-0.25, -0.2) is 4.79 Å². The first-order valence-corrected chi connectivity index (χ1v) is 12.0. The lowest BCUT2D eigenvalue weighted by Gasteiger charge is -2.17. The van der Waals surface area contributed by atoms with Crippen molar-refractivity contribution in [1.29, 1.82) is 0 Å². The summed E-state index contributed by atoms with van der Waals surface area (Å²) >= 11 is 0. The molecule has 37 heavy (non-hydrogen) atoms. The molecule has 8 nitrogen and oxygen atoms in total. The van der Waals surface area contributed by atoms with Crippen LogP contribution in [-0.2, 0) is 20.9 Å². The van der Waals surface area contributed by atoms with E-state index in [-0.39, 0.29) is 11.8 Å². The van der Waals surface area contributed by atoms with Gasteiger partial charge in [0.05, 0.1) is 24.1 Å². The Morgan fingerprint density at radius 1 is 1.03 bits per heavy atom. The average Bonchev–Trinajstić information content (AvgIpc) is 3.22. The molecule has 190 valence electrons. The quantitative estimate of drug-likeness (QED) is 0.344. The van der Waals surface area contributed by atoms with Gasteiger partial charge in [-0.2, -0.15) is 0 Å². The Labute approximate surface area is 216 Å². The van der Waals surface area contributed by atoms with Crippen LogP contribution in [0.2, 0.25) is 0 Å². The number of nitrogens with one attached hydrogen (secondary N) is 2. The standard InChI is InChI=1S/C29H30N4O4/c1-19(34)30-15-16-33(2)18-20-9-12-23(13-10-20)31-27(21-7-5-4-6-8-21)26-24-14-11-22(29(36)37-3)17-25(24)32-28(26)35/h4-14,17,26H,15-16,18H2,1-3H3,(H,30,34)(H,32,35). The molecule has 1 atom stereocenters. The first kappa shape index (κ1) is 25.8. The maximum absolute atomic E-state index is 13.2. The molecule has 1 aliphatic rings. The van der Waals surface area contributed by atoms with E-state index >= 15 is 0 Å². The number of carbonyl (C=O) groups excluding carboxylic acids is 3. The predicted molar refractivity (Wildman–Crippen MR) is 143 cm³/mol. The molecule has 4 rings (SSSR count). The number of amides is 2. The SMILES string of the molecule is COC(=O)c1ccc2c(c1)NC(=O)C2C(=Nc1ccc(CN(C)CCNC(C)=O)cc1)c1ccccc1.